The summed E-state index contributed by atoms with van der Waals surface area (Å²) in [6.45, 7) is 11.7. The van der Waals surface area contributed by atoms with Crippen LogP contribution in [0.2, 0.25) is 0 Å². The largest absolute Gasteiger partial charge is 0.356 e. The van der Waals surface area contributed by atoms with Gasteiger partial charge in [0.1, 0.15) is 11.6 Å². The lowest BCUT2D eigenvalue weighted by molar-refractivity contribution is -0.140. The molecule has 1 aromatic heterocycles. The first kappa shape index (κ1) is 16.7. The fourth-order valence-corrected chi connectivity index (χ4v) is 3.04. The minimum Gasteiger partial charge on any atom is -0.356 e. The predicted molar refractivity (Wildman–Crippen MR) is 89.0 cm³/mol. The molecule has 22 heavy (non-hydrogen) atoms. The van der Waals surface area contributed by atoms with Gasteiger partial charge in [-0.05, 0) is 26.7 Å². The minimum atomic E-state index is -0.313. The van der Waals surface area contributed by atoms with E-state index in [1.807, 2.05) is 52.6 Å². The van der Waals surface area contributed by atoms with Crippen LogP contribution in [0.1, 0.15) is 45.1 Å². The lowest BCUT2D eigenvalue weighted by Crippen LogP contribution is -2.48. The van der Waals surface area contributed by atoms with E-state index in [-0.39, 0.29) is 11.3 Å². The molecule has 0 saturated carbocycles. The van der Waals surface area contributed by atoms with Crippen molar-refractivity contribution in [3.05, 3.63) is 17.6 Å². The van der Waals surface area contributed by atoms with E-state index in [0.29, 0.717) is 6.04 Å². The van der Waals surface area contributed by atoms with Crippen molar-refractivity contribution < 1.29 is 4.79 Å². The second-order valence-electron chi connectivity index (χ2n) is 7.30. The van der Waals surface area contributed by atoms with Gasteiger partial charge in [0.15, 0.2) is 0 Å². The van der Waals surface area contributed by atoms with Crippen LogP contribution in [0.25, 0.3) is 0 Å². The first-order chi connectivity index (χ1) is 10.2. The van der Waals surface area contributed by atoms with E-state index in [0.717, 1.165) is 43.3 Å². The Kier molecular flexibility index (Phi) is 4.73. The number of hydrogen-bond acceptors (Lipinski definition) is 4. The van der Waals surface area contributed by atoms with Gasteiger partial charge in [-0.15, -0.1) is 0 Å². The predicted octanol–water partition coefficient (Wildman–Crippen LogP) is 2.57. The summed E-state index contributed by atoms with van der Waals surface area (Å²) in [7, 11) is 1.94. The molecule has 2 rings (SSSR count). The van der Waals surface area contributed by atoms with Gasteiger partial charge in [-0.3, -0.25) is 4.79 Å². The number of aryl methyl sites for hydroxylation is 2. The summed E-state index contributed by atoms with van der Waals surface area (Å²) in [4.78, 5) is 25.5. The third-order valence-corrected chi connectivity index (χ3v) is 4.25. The molecule has 1 aromatic rings. The molecule has 5 heteroatoms. The van der Waals surface area contributed by atoms with Gasteiger partial charge < -0.3 is 9.80 Å². The van der Waals surface area contributed by atoms with Gasteiger partial charge in [0.05, 0.1) is 0 Å². The Morgan fingerprint density at radius 1 is 1.23 bits per heavy atom. The zero-order chi connectivity index (χ0) is 16.5. The van der Waals surface area contributed by atoms with E-state index < -0.39 is 0 Å². The molecule has 0 aliphatic carbocycles. The van der Waals surface area contributed by atoms with Crippen LogP contribution in [0.15, 0.2) is 6.07 Å². The van der Waals surface area contributed by atoms with E-state index in [1.54, 1.807) is 0 Å². The van der Waals surface area contributed by atoms with Gasteiger partial charge in [0.25, 0.3) is 0 Å². The fraction of sp³-hybridized carbons (Fsp3) is 0.706. The Balaban J connectivity index is 2.00. The number of hydrogen-bond donors (Lipinski definition) is 0. The van der Waals surface area contributed by atoms with Crippen molar-refractivity contribution in [1.82, 2.24) is 14.9 Å². The summed E-state index contributed by atoms with van der Waals surface area (Å²) in [6.07, 6.45) is 1.97. The van der Waals surface area contributed by atoms with Crippen LogP contribution in [0.4, 0.5) is 5.82 Å². The molecule has 0 N–H and O–H groups in total. The molecule has 0 atom stereocenters. The summed E-state index contributed by atoms with van der Waals surface area (Å²) in [6, 6.07) is 2.36. The molecule has 0 radical (unpaired) electrons. The average Bonchev–Trinajstić information content (AvgIpc) is 2.44. The van der Waals surface area contributed by atoms with Gasteiger partial charge in [0, 0.05) is 43.4 Å². The Hall–Kier alpha value is -1.65. The molecule has 122 valence electrons. The number of rotatable bonds is 2. The molecule has 1 aliphatic rings. The van der Waals surface area contributed by atoms with Gasteiger partial charge in [-0.1, -0.05) is 20.8 Å². The van der Waals surface area contributed by atoms with Crippen LogP contribution in [0.3, 0.4) is 0 Å². The highest BCUT2D eigenvalue weighted by Gasteiger charge is 2.31. The second kappa shape index (κ2) is 6.23. The Bertz CT molecular complexity index is 522. The van der Waals surface area contributed by atoms with Crippen molar-refractivity contribution in [3.8, 4) is 0 Å². The van der Waals surface area contributed by atoms with Crippen LogP contribution in [0, 0.1) is 19.3 Å². The molecular weight excluding hydrogens is 276 g/mol. The lowest BCUT2D eigenvalue weighted by atomic mass is 9.92. The summed E-state index contributed by atoms with van der Waals surface area (Å²) >= 11 is 0. The van der Waals surface area contributed by atoms with Crippen LogP contribution in [-0.4, -0.2) is 47.0 Å². The van der Waals surface area contributed by atoms with E-state index in [2.05, 4.69) is 14.9 Å². The van der Waals surface area contributed by atoms with Crippen molar-refractivity contribution in [3.63, 3.8) is 0 Å². The summed E-state index contributed by atoms with van der Waals surface area (Å²) in [5.74, 6) is 2.05. The quantitative estimate of drug-likeness (QED) is 0.842. The van der Waals surface area contributed by atoms with Crippen molar-refractivity contribution in [1.29, 1.82) is 0 Å². The number of nitrogens with zero attached hydrogens (tertiary/aromatic N) is 4. The fourth-order valence-electron chi connectivity index (χ4n) is 3.04. The topological polar surface area (TPSA) is 49.3 Å². The summed E-state index contributed by atoms with van der Waals surface area (Å²) < 4.78 is 0. The molecule has 1 aliphatic heterocycles. The van der Waals surface area contributed by atoms with E-state index in [9.17, 15) is 4.79 Å². The molecular formula is C17H28N4O. The number of piperidine rings is 1. The third kappa shape index (κ3) is 3.76. The van der Waals surface area contributed by atoms with E-state index >= 15 is 0 Å². The number of carbonyl (C=O) groups is 1. The van der Waals surface area contributed by atoms with Gasteiger partial charge in [0.2, 0.25) is 5.91 Å². The molecule has 1 fully saturated rings. The average molecular weight is 304 g/mol. The molecule has 1 saturated heterocycles. The summed E-state index contributed by atoms with van der Waals surface area (Å²) in [5.41, 5.74) is 0.692. The first-order valence-corrected chi connectivity index (χ1v) is 8.03. The van der Waals surface area contributed by atoms with Crippen LogP contribution in [0.5, 0.6) is 0 Å². The molecule has 0 aromatic carbocycles. The SMILES string of the molecule is Cc1cc(N2CCC(N(C)C(=O)C(C)(C)C)CC2)nc(C)n1. The number of aromatic nitrogens is 2. The maximum absolute atomic E-state index is 12.4. The zero-order valence-electron chi connectivity index (χ0n) is 14.7. The van der Waals surface area contributed by atoms with Gasteiger partial charge >= 0.3 is 0 Å². The molecule has 1 amide bonds. The summed E-state index contributed by atoms with van der Waals surface area (Å²) in [5, 5.41) is 0. The molecule has 0 bridgehead atoms. The smallest absolute Gasteiger partial charge is 0.227 e. The standard InChI is InChI=1S/C17H28N4O/c1-12-11-15(19-13(2)18-12)21-9-7-14(8-10-21)20(6)16(22)17(3,4)5/h11,14H,7-10H2,1-6H3. The maximum Gasteiger partial charge on any atom is 0.227 e. The number of anilines is 1. The van der Waals surface area contributed by atoms with Crippen LogP contribution >= 0.6 is 0 Å². The first-order valence-electron chi connectivity index (χ1n) is 8.03. The molecule has 2 heterocycles. The molecule has 0 unspecified atom stereocenters. The van der Waals surface area contributed by atoms with Crippen LogP contribution in [-0.2, 0) is 4.79 Å². The second-order valence-corrected chi connectivity index (χ2v) is 7.30. The van der Waals surface area contributed by atoms with Gasteiger partial charge in [-0.2, -0.15) is 0 Å². The normalized spacial score (nSPS) is 16.7. The van der Waals surface area contributed by atoms with E-state index in [1.165, 1.54) is 0 Å². The monoisotopic (exact) mass is 304 g/mol. The Morgan fingerprint density at radius 2 is 1.82 bits per heavy atom. The highest BCUT2D eigenvalue weighted by Crippen LogP contribution is 2.24. The molecule has 0 spiro atoms. The van der Waals surface area contributed by atoms with Crippen molar-refractivity contribution in [2.45, 2.75) is 53.5 Å². The van der Waals surface area contributed by atoms with Crippen molar-refractivity contribution >= 4 is 11.7 Å². The highest BCUT2D eigenvalue weighted by atomic mass is 16.2. The number of amides is 1. The Labute approximate surface area is 133 Å². The van der Waals surface area contributed by atoms with E-state index in [4.69, 9.17) is 0 Å². The van der Waals surface area contributed by atoms with Crippen LogP contribution < -0.4 is 4.90 Å². The highest BCUT2D eigenvalue weighted by molar-refractivity contribution is 5.81. The van der Waals surface area contributed by atoms with Gasteiger partial charge in [-0.25, -0.2) is 9.97 Å². The Morgan fingerprint density at radius 3 is 2.32 bits per heavy atom. The van der Waals surface area contributed by atoms with Crippen molar-refractivity contribution in [2.75, 3.05) is 25.0 Å². The zero-order valence-corrected chi connectivity index (χ0v) is 14.7. The molecule has 5 nitrogen and oxygen atoms in total. The third-order valence-electron chi connectivity index (χ3n) is 4.25. The van der Waals surface area contributed by atoms with Crippen molar-refractivity contribution in [2.24, 2.45) is 5.41 Å². The number of carbonyl (C=O) groups excluding carboxylic acids is 1. The lowest BCUT2D eigenvalue weighted by Gasteiger charge is -2.39. The minimum absolute atomic E-state index is 0.222. The maximum atomic E-state index is 12.4.